The molecule has 1 nitrogen and oxygen atoms in total. The zero-order valence-electron chi connectivity index (χ0n) is 13.2. The summed E-state index contributed by atoms with van der Waals surface area (Å²) >= 11 is 0. The molecule has 2 aromatic rings. The number of nitrogens with one attached hydrogen (secondary N) is 1. The molecule has 2 aliphatic rings. The summed E-state index contributed by atoms with van der Waals surface area (Å²) in [7, 11) is 0. The van der Waals surface area contributed by atoms with Gasteiger partial charge in [0, 0.05) is 5.69 Å². The first-order valence-corrected chi connectivity index (χ1v) is 8.84. The summed E-state index contributed by atoms with van der Waals surface area (Å²) in [6.45, 7) is 0. The number of rotatable bonds is 2. The molecule has 0 saturated heterocycles. The van der Waals surface area contributed by atoms with E-state index in [4.69, 9.17) is 0 Å². The smallest absolute Gasteiger partial charge is 0.0517 e. The van der Waals surface area contributed by atoms with E-state index in [1.807, 2.05) is 0 Å². The van der Waals surface area contributed by atoms with Crippen molar-refractivity contribution in [1.29, 1.82) is 0 Å². The Morgan fingerprint density at radius 3 is 2.27 bits per heavy atom. The third-order valence-electron chi connectivity index (χ3n) is 5.46. The zero-order valence-corrected chi connectivity index (χ0v) is 13.2. The Kier molecular flexibility index (Phi) is 3.88. The van der Waals surface area contributed by atoms with Crippen LogP contribution in [0.3, 0.4) is 0 Å². The van der Waals surface area contributed by atoms with Crippen LogP contribution in [-0.2, 0) is 6.42 Å². The van der Waals surface area contributed by atoms with Gasteiger partial charge in [0.25, 0.3) is 0 Å². The molecule has 0 bridgehead atoms. The van der Waals surface area contributed by atoms with Gasteiger partial charge in [0.2, 0.25) is 0 Å². The lowest BCUT2D eigenvalue weighted by Gasteiger charge is -2.28. The number of anilines is 1. The average Bonchev–Trinajstić information content (AvgIpc) is 2.62. The Morgan fingerprint density at radius 1 is 0.727 bits per heavy atom. The Bertz CT molecular complexity index is 623. The highest BCUT2D eigenvalue weighted by atomic mass is 14.9. The second-order valence-corrected chi connectivity index (χ2v) is 6.89. The Morgan fingerprint density at radius 2 is 1.45 bits per heavy atom. The summed E-state index contributed by atoms with van der Waals surface area (Å²) in [4.78, 5) is 0. The quantitative estimate of drug-likeness (QED) is 0.733. The summed E-state index contributed by atoms with van der Waals surface area (Å²) in [6.07, 6.45) is 9.39. The van der Waals surface area contributed by atoms with Crippen LogP contribution < -0.4 is 5.32 Å². The van der Waals surface area contributed by atoms with E-state index in [0.29, 0.717) is 6.04 Å². The fourth-order valence-electron chi connectivity index (χ4n) is 4.13. The third kappa shape index (κ3) is 2.77. The number of fused-ring (bicyclic) bond motifs is 1. The molecule has 0 spiro atoms. The highest BCUT2D eigenvalue weighted by Gasteiger charge is 2.20. The number of para-hydroxylation sites is 1. The van der Waals surface area contributed by atoms with Gasteiger partial charge in [-0.3, -0.25) is 0 Å². The van der Waals surface area contributed by atoms with Crippen molar-refractivity contribution in [2.24, 2.45) is 0 Å². The van der Waals surface area contributed by atoms with Crippen LogP contribution in [0.2, 0.25) is 0 Å². The first kappa shape index (κ1) is 13.9. The fraction of sp³-hybridized carbons (Fsp3) is 0.429. The van der Waals surface area contributed by atoms with Crippen molar-refractivity contribution in [3.8, 4) is 0 Å². The van der Waals surface area contributed by atoms with Gasteiger partial charge in [0.15, 0.2) is 0 Å². The Balaban J connectivity index is 1.49. The largest absolute Gasteiger partial charge is 0.378 e. The molecule has 0 radical (unpaired) electrons. The topological polar surface area (TPSA) is 12.0 Å². The van der Waals surface area contributed by atoms with Crippen LogP contribution in [0.4, 0.5) is 5.69 Å². The molecular formula is C21H25N. The van der Waals surface area contributed by atoms with Crippen molar-refractivity contribution in [2.45, 2.75) is 56.9 Å². The molecule has 0 amide bonds. The lowest BCUT2D eigenvalue weighted by atomic mass is 9.83. The molecule has 1 heteroatoms. The lowest BCUT2D eigenvalue weighted by molar-refractivity contribution is 0.443. The second-order valence-electron chi connectivity index (χ2n) is 6.89. The lowest BCUT2D eigenvalue weighted by Crippen LogP contribution is -2.18. The van der Waals surface area contributed by atoms with Gasteiger partial charge in [-0.25, -0.2) is 0 Å². The van der Waals surface area contributed by atoms with Crippen LogP contribution in [0.15, 0.2) is 48.5 Å². The normalized spacial score (nSPS) is 21.9. The molecular weight excluding hydrogens is 266 g/mol. The van der Waals surface area contributed by atoms with Gasteiger partial charge in [-0.1, -0.05) is 61.7 Å². The minimum atomic E-state index is 0.468. The van der Waals surface area contributed by atoms with E-state index in [1.54, 1.807) is 5.56 Å². The van der Waals surface area contributed by atoms with Crippen molar-refractivity contribution in [1.82, 2.24) is 0 Å². The van der Waals surface area contributed by atoms with Gasteiger partial charge >= 0.3 is 0 Å². The van der Waals surface area contributed by atoms with Crippen LogP contribution in [-0.4, -0.2) is 0 Å². The Hall–Kier alpha value is -1.76. The predicted molar refractivity (Wildman–Crippen MR) is 93.4 cm³/mol. The summed E-state index contributed by atoms with van der Waals surface area (Å²) in [5.74, 6) is 0.808. The summed E-state index contributed by atoms with van der Waals surface area (Å²) in [6, 6.07) is 18.7. The van der Waals surface area contributed by atoms with Crippen LogP contribution in [0.5, 0.6) is 0 Å². The van der Waals surface area contributed by atoms with Crippen LogP contribution in [0.25, 0.3) is 0 Å². The van der Waals surface area contributed by atoms with E-state index in [2.05, 4.69) is 53.8 Å². The van der Waals surface area contributed by atoms with Gasteiger partial charge in [-0.15, -0.1) is 0 Å². The fourth-order valence-corrected chi connectivity index (χ4v) is 4.13. The molecule has 1 aliphatic heterocycles. The van der Waals surface area contributed by atoms with Crippen molar-refractivity contribution < 1.29 is 0 Å². The molecule has 0 aromatic heterocycles. The maximum Gasteiger partial charge on any atom is 0.0517 e. The molecule has 1 fully saturated rings. The molecule has 4 rings (SSSR count). The van der Waals surface area contributed by atoms with E-state index in [0.717, 1.165) is 5.92 Å². The third-order valence-corrected chi connectivity index (χ3v) is 5.46. The molecule has 2 aromatic carbocycles. The summed E-state index contributed by atoms with van der Waals surface area (Å²) in [5, 5.41) is 3.71. The molecule has 1 atom stereocenters. The molecule has 1 aliphatic carbocycles. The maximum absolute atomic E-state index is 3.71. The molecule has 1 heterocycles. The van der Waals surface area contributed by atoms with Crippen molar-refractivity contribution in [2.75, 3.05) is 5.32 Å². The highest BCUT2D eigenvalue weighted by molar-refractivity contribution is 5.55. The van der Waals surface area contributed by atoms with Crippen molar-refractivity contribution in [3.63, 3.8) is 0 Å². The van der Waals surface area contributed by atoms with Crippen molar-refractivity contribution in [3.05, 3.63) is 65.2 Å². The monoisotopic (exact) mass is 291 g/mol. The summed E-state index contributed by atoms with van der Waals surface area (Å²) < 4.78 is 0. The van der Waals surface area contributed by atoms with E-state index in [1.165, 1.54) is 61.8 Å². The molecule has 1 saturated carbocycles. The molecule has 22 heavy (non-hydrogen) atoms. The molecule has 0 unspecified atom stereocenters. The van der Waals surface area contributed by atoms with Crippen LogP contribution in [0, 0.1) is 0 Å². The highest BCUT2D eigenvalue weighted by Crippen LogP contribution is 2.35. The van der Waals surface area contributed by atoms with E-state index in [-0.39, 0.29) is 0 Å². The predicted octanol–water partition coefficient (Wildman–Crippen LogP) is 5.83. The number of benzene rings is 2. The standard InChI is InChI=1S/C21H25N/c1-2-6-16(7-3-1)17-10-12-19(13-11-17)21-15-14-18-8-4-5-9-20(18)22-21/h4-5,8-13,16,21-22H,1-3,6-7,14-15H2/t21-/m1/s1. The SMILES string of the molecule is c1ccc2c(c1)CC[C@H](c1ccc(C3CCCCC3)cc1)N2. The van der Waals surface area contributed by atoms with Gasteiger partial charge in [0.05, 0.1) is 6.04 Å². The van der Waals surface area contributed by atoms with E-state index >= 15 is 0 Å². The first-order chi connectivity index (χ1) is 10.9. The summed E-state index contributed by atoms with van der Waals surface area (Å²) in [5.41, 5.74) is 5.77. The Labute approximate surface area is 133 Å². The molecule has 1 N–H and O–H groups in total. The minimum absolute atomic E-state index is 0.468. The second kappa shape index (κ2) is 6.16. The van der Waals surface area contributed by atoms with Gasteiger partial charge in [-0.2, -0.15) is 0 Å². The number of aryl methyl sites for hydroxylation is 1. The first-order valence-electron chi connectivity index (χ1n) is 8.84. The molecule has 114 valence electrons. The van der Waals surface area contributed by atoms with Crippen LogP contribution >= 0.6 is 0 Å². The van der Waals surface area contributed by atoms with E-state index < -0.39 is 0 Å². The van der Waals surface area contributed by atoms with Gasteiger partial charge in [0.1, 0.15) is 0 Å². The zero-order chi connectivity index (χ0) is 14.8. The van der Waals surface area contributed by atoms with Crippen molar-refractivity contribution >= 4 is 5.69 Å². The van der Waals surface area contributed by atoms with Crippen LogP contribution in [0.1, 0.15) is 67.2 Å². The number of hydrogen-bond acceptors (Lipinski definition) is 1. The maximum atomic E-state index is 3.71. The number of hydrogen-bond donors (Lipinski definition) is 1. The van der Waals surface area contributed by atoms with Gasteiger partial charge in [-0.05, 0) is 54.4 Å². The average molecular weight is 291 g/mol. The van der Waals surface area contributed by atoms with E-state index in [9.17, 15) is 0 Å². The minimum Gasteiger partial charge on any atom is -0.378 e. The van der Waals surface area contributed by atoms with Gasteiger partial charge < -0.3 is 5.32 Å².